The van der Waals surface area contributed by atoms with E-state index in [1.165, 1.54) is 25.2 Å². The van der Waals surface area contributed by atoms with Gasteiger partial charge in [0, 0.05) is 28.7 Å². The highest BCUT2D eigenvalue weighted by molar-refractivity contribution is 7.92. The standard InChI is InChI=1S/C25H33Cl2N3O6S/c1-7-21(25(32)28-16(2)3)29(14-17-8-9-18(26)12-20(17)27)24(31)15-30(37(6,33)34)22-13-19(35-4)10-11-23(22)36-5/h8-13,16,21H,7,14-15H2,1-6H3,(H,28,32)/t21-/m1/s1. The van der Waals surface area contributed by atoms with Crippen LogP contribution in [0.5, 0.6) is 11.5 Å². The van der Waals surface area contributed by atoms with E-state index in [0.717, 1.165) is 10.6 Å². The number of carbonyl (C=O) groups is 2. The van der Waals surface area contributed by atoms with Crippen molar-refractivity contribution in [3.05, 3.63) is 52.0 Å². The van der Waals surface area contributed by atoms with Crippen molar-refractivity contribution in [3.8, 4) is 11.5 Å². The van der Waals surface area contributed by atoms with E-state index in [2.05, 4.69) is 5.32 Å². The summed E-state index contributed by atoms with van der Waals surface area (Å²) in [6.45, 7) is 4.78. The molecule has 0 saturated heterocycles. The van der Waals surface area contributed by atoms with E-state index in [9.17, 15) is 18.0 Å². The average molecular weight is 575 g/mol. The van der Waals surface area contributed by atoms with Crippen LogP contribution in [-0.4, -0.2) is 64.2 Å². The number of hydrogen-bond donors (Lipinski definition) is 1. The Balaban J connectivity index is 2.57. The van der Waals surface area contributed by atoms with Crippen LogP contribution in [0.4, 0.5) is 5.69 Å². The lowest BCUT2D eigenvalue weighted by molar-refractivity contribution is -0.140. The maximum Gasteiger partial charge on any atom is 0.244 e. The molecule has 204 valence electrons. The summed E-state index contributed by atoms with van der Waals surface area (Å²) in [4.78, 5) is 28.2. The average Bonchev–Trinajstić information content (AvgIpc) is 2.81. The molecule has 1 N–H and O–H groups in total. The fraction of sp³-hybridized carbons (Fsp3) is 0.440. The zero-order valence-electron chi connectivity index (χ0n) is 21.7. The second kappa shape index (κ2) is 13.2. The molecule has 2 amide bonds. The molecule has 0 bridgehead atoms. The van der Waals surface area contributed by atoms with Crippen LogP contribution in [0.1, 0.15) is 32.8 Å². The first kappa shape index (κ1) is 30.5. The normalized spacial score (nSPS) is 12.1. The van der Waals surface area contributed by atoms with E-state index in [-0.39, 0.29) is 36.4 Å². The quantitative estimate of drug-likeness (QED) is 0.409. The third kappa shape index (κ3) is 8.15. The van der Waals surface area contributed by atoms with Gasteiger partial charge in [-0.25, -0.2) is 8.42 Å². The van der Waals surface area contributed by atoms with Crippen LogP contribution in [0.25, 0.3) is 0 Å². The molecule has 0 aliphatic heterocycles. The van der Waals surface area contributed by atoms with Crippen molar-refractivity contribution < 1.29 is 27.5 Å². The molecule has 2 aromatic carbocycles. The van der Waals surface area contributed by atoms with E-state index in [1.807, 2.05) is 13.8 Å². The molecule has 0 aliphatic rings. The van der Waals surface area contributed by atoms with Gasteiger partial charge in [-0.15, -0.1) is 0 Å². The number of carbonyl (C=O) groups excluding carboxylic acids is 2. The number of halogens is 2. The Kier molecular flexibility index (Phi) is 10.9. The summed E-state index contributed by atoms with van der Waals surface area (Å²) >= 11 is 12.4. The van der Waals surface area contributed by atoms with Gasteiger partial charge in [-0.1, -0.05) is 36.2 Å². The van der Waals surface area contributed by atoms with Crippen molar-refractivity contribution in [3.63, 3.8) is 0 Å². The molecule has 0 radical (unpaired) electrons. The van der Waals surface area contributed by atoms with E-state index in [1.54, 1.807) is 37.3 Å². The Morgan fingerprint density at radius 3 is 2.24 bits per heavy atom. The van der Waals surface area contributed by atoms with E-state index in [0.29, 0.717) is 21.4 Å². The summed E-state index contributed by atoms with van der Waals surface area (Å²) in [6, 6.07) is 8.43. The van der Waals surface area contributed by atoms with Crippen LogP contribution in [0.2, 0.25) is 10.0 Å². The first-order valence-corrected chi connectivity index (χ1v) is 14.2. The van der Waals surface area contributed by atoms with Gasteiger partial charge in [0.2, 0.25) is 21.8 Å². The van der Waals surface area contributed by atoms with Crippen molar-refractivity contribution in [1.29, 1.82) is 0 Å². The highest BCUT2D eigenvalue weighted by Crippen LogP contribution is 2.34. The van der Waals surface area contributed by atoms with Crippen LogP contribution in [0.3, 0.4) is 0 Å². The van der Waals surface area contributed by atoms with Gasteiger partial charge in [0.25, 0.3) is 0 Å². The van der Waals surface area contributed by atoms with Crippen molar-refractivity contribution in [2.75, 3.05) is 31.3 Å². The predicted octanol–water partition coefficient (Wildman–Crippen LogP) is 4.11. The zero-order valence-corrected chi connectivity index (χ0v) is 24.1. The summed E-state index contributed by atoms with van der Waals surface area (Å²) in [6.07, 6.45) is 1.28. The third-order valence-electron chi connectivity index (χ3n) is 5.51. The summed E-state index contributed by atoms with van der Waals surface area (Å²) in [5.74, 6) is -0.353. The first-order valence-electron chi connectivity index (χ1n) is 11.6. The number of hydrogen-bond acceptors (Lipinski definition) is 6. The SMILES string of the molecule is CC[C@H](C(=O)NC(C)C)N(Cc1ccc(Cl)cc1Cl)C(=O)CN(c1cc(OC)ccc1OC)S(C)(=O)=O. The number of sulfonamides is 1. The summed E-state index contributed by atoms with van der Waals surface area (Å²) in [5, 5.41) is 3.57. The largest absolute Gasteiger partial charge is 0.497 e. The fourth-order valence-electron chi connectivity index (χ4n) is 3.72. The number of anilines is 1. The van der Waals surface area contributed by atoms with Gasteiger partial charge in [0.15, 0.2) is 0 Å². The lowest BCUT2D eigenvalue weighted by Crippen LogP contribution is -2.53. The molecule has 0 saturated carbocycles. The molecule has 0 heterocycles. The molecular weight excluding hydrogens is 541 g/mol. The van der Waals surface area contributed by atoms with Crippen LogP contribution in [0, 0.1) is 0 Å². The van der Waals surface area contributed by atoms with Crippen molar-refractivity contribution >= 4 is 50.7 Å². The van der Waals surface area contributed by atoms with Crippen LogP contribution in [0.15, 0.2) is 36.4 Å². The van der Waals surface area contributed by atoms with Crippen LogP contribution in [-0.2, 0) is 26.2 Å². The van der Waals surface area contributed by atoms with Gasteiger partial charge in [0.1, 0.15) is 24.1 Å². The second-order valence-corrected chi connectivity index (χ2v) is 11.4. The maximum absolute atomic E-state index is 13.8. The molecule has 0 unspecified atom stereocenters. The molecule has 2 aromatic rings. The van der Waals surface area contributed by atoms with Gasteiger partial charge >= 0.3 is 0 Å². The lowest BCUT2D eigenvalue weighted by Gasteiger charge is -2.33. The molecule has 2 rings (SSSR count). The van der Waals surface area contributed by atoms with Gasteiger partial charge in [-0.05, 0) is 50.1 Å². The number of methoxy groups -OCH3 is 2. The van der Waals surface area contributed by atoms with E-state index < -0.39 is 28.5 Å². The minimum atomic E-state index is -3.96. The molecule has 12 heteroatoms. The molecular formula is C25H33Cl2N3O6S. The Bertz CT molecular complexity index is 1220. The minimum Gasteiger partial charge on any atom is -0.497 e. The monoisotopic (exact) mass is 573 g/mol. The fourth-order valence-corrected chi connectivity index (χ4v) is 5.03. The number of ether oxygens (including phenoxy) is 2. The van der Waals surface area contributed by atoms with Gasteiger partial charge < -0.3 is 19.7 Å². The number of nitrogens with zero attached hydrogens (tertiary/aromatic N) is 2. The Labute approximate surface area is 228 Å². The van der Waals surface area contributed by atoms with E-state index in [4.69, 9.17) is 32.7 Å². The molecule has 0 spiro atoms. The Morgan fingerprint density at radius 1 is 1.05 bits per heavy atom. The summed E-state index contributed by atoms with van der Waals surface area (Å²) in [5.41, 5.74) is 0.682. The number of nitrogens with one attached hydrogen (secondary N) is 1. The van der Waals surface area contributed by atoms with Crippen molar-refractivity contribution in [2.45, 2.75) is 45.8 Å². The molecule has 0 fully saturated rings. The van der Waals surface area contributed by atoms with Crippen LogP contribution >= 0.6 is 23.2 Å². The molecule has 0 aliphatic carbocycles. The summed E-state index contributed by atoms with van der Waals surface area (Å²) in [7, 11) is -1.12. The van der Waals surface area contributed by atoms with E-state index >= 15 is 0 Å². The number of rotatable bonds is 12. The molecule has 1 atom stereocenters. The maximum atomic E-state index is 13.8. The first-order chi connectivity index (χ1) is 17.3. The molecule has 0 aromatic heterocycles. The molecule has 9 nitrogen and oxygen atoms in total. The second-order valence-electron chi connectivity index (χ2n) is 8.65. The van der Waals surface area contributed by atoms with Crippen molar-refractivity contribution in [1.82, 2.24) is 10.2 Å². The zero-order chi connectivity index (χ0) is 27.9. The third-order valence-corrected chi connectivity index (χ3v) is 7.22. The van der Waals surface area contributed by atoms with Gasteiger partial charge in [-0.2, -0.15) is 0 Å². The lowest BCUT2D eigenvalue weighted by atomic mass is 10.1. The Hall–Kier alpha value is -2.69. The highest BCUT2D eigenvalue weighted by atomic mass is 35.5. The number of benzene rings is 2. The van der Waals surface area contributed by atoms with Crippen LogP contribution < -0.4 is 19.1 Å². The Morgan fingerprint density at radius 2 is 1.73 bits per heavy atom. The molecule has 37 heavy (non-hydrogen) atoms. The predicted molar refractivity (Wildman–Crippen MR) is 146 cm³/mol. The smallest absolute Gasteiger partial charge is 0.244 e. The highest BCUT2D eigenvalue weighted by Gasteiger charge is 2.33. The van der Waals surface area contributed by atoms with Gasteiger partial charge in [-0.3, -0.25) is 13.9 Å². The number of amides is 2. The summed E-state index contributed by atoms with van der Waals surface area (Å²) < 4.78 is 37.3. The topological polar surface area (TPSA) is 105 Å². The minimum absolute atomic E-state index is 0.0360. The van der Waals surface area contributed by atoms with Crippen molar-refractivity contribution in [2.24, 2.45) is 0 Å². The van der Waals surface area contributed by atoms with Gasteiger partial charge in [0.05, 0.1) is 26.2 Å².